The van der Waals surface area contributed by atoms with Gasteiger partial charge in [0.25, 0.3) is 0 Å². The van der Waals surface area contributed by atoms with E-state index < -0.39 is 0 Å². The van der Waals surface area contributed by atoms with Crippen molar-refractivity contribution >= 4 is 0 Å². The van der Waals surface area contributed by atoms with Crippen LogP contribution in [0.3, 0.4) is 0 Å². The number of nitrogens with zero attached hydrogens (tertiary/aromatic N) is 2. The van der Waals surface area contributed by atoms with Crippen LogP contribution in [0.25, 0.3) is 0 Å². The minimum Gasteiger partial charge on any atom is -0.261 e. The topological polar surface area (TPSA) is 25.8 Å². The average molecular weight is 433 g/mol. The smallest absolute Gasteiger partial charge is 0.0429 e. The zero-order valence-electron chi connectivity index (χ0n) is 22.0. The van der Waals surface area contributed by atoms with E-state index in [0.29, 0.717) is 23.7 Å². The molecule has 0 radical (unpaired) electrons. The van der Waals surface area contributed by atoms with Gasteiger partial charge in [-0.05, 0) is 71.9 Å². The fourth-order valence-corrected chi connectivity index (χ4v) is 2.91. The summed E-state index contributed by atoms with van der Waals surface area (Å²) >= 11 is 0. The number of benzene rings is 1. The van der Waals surface area contributed by atoms with Crippen molar-refractivity contribution in [3.63, 3.8) is 0 Å². The highest BCUT2D eigenvalue weighted by atomic mass is 14.7. The summed E-state index contributed by atoms with van der Waals surface area (Å²) in [6.07, 6.45) is 3.86. The maximum atomic E-state index is 4.28. The lowest BCUT2D eigenvalue weighted by Gasteiger charge is -2.08. The molecule has 2 heteroatoms. The Kier molecular flexibility index (Phi) is 11.9. The molecule has 2 nitrogen and oxygen atoms in total. The SMILES string of the molecule is CC(C)c1ccc(C(C)C)cc1.Cc1ccc(C(C)C)cn1.Cc1ccc(C(C)C)nc1. The first-order chi connectivity index (χ1) is 15.0. The van der Waals surface area contributed by atoms with Crippen LogP contribution in [0.1, 0.15) is 113 Å². The third-order valence-electron chi connectivity index (χ3n) is 5.40. The summed E-state index contributed by atoms with van der Waals surface area (Å²) in [7, 11) is 0. The molecule has 3 rings (SSSR count). The van der Waals surface area contributed by atoms with Crippen LogP contribution in [-0.2, 0) is 0 Å². The van der Waals surface area contributed by atoms with Crippen LogP contribution < -0.4 is 0 Å². The van der Waals surface area contributed by atoms with Gasteiger partial charge in [0.05, 0.1) is 0 Å². The zero-order valence-corrected chi connectivity index (χ0v) is 22.0. The van der Waals surface area contributed by atoms with E-state index in [1.54, 1.807) is 0 Å². The predicted octanol–water partition coefficient (Wildman–Crippen LogP) is 8.96. The van der Waals surface area contributed by atoms with Gasteiger partial charge < -0.3 is 0 Å². The summed E-state index contributed by atoms with van der Waals surface area (Å²) < 4.78 is 0. The molecular formula is C30H44N2. The lowest BCUT2D eigenvalue weighted by atomic mass is 9.97. The summed E-state index contributed by atoms with van der Waals surface area (Å²) in [6, 6.07) is 17.3. The van der Waals surface area contributed by atoms with E-state index in [9.17, 15) is 0 Å². The molecule has 0 spiro atoms. The van der Waals surface area contributed by atoms with Crippen molar-refractivity contribution in [3.8, 4) is 0 Å². The fourth-order valence-electron chi connectivity index (χ4n) is 2.91. The van der Waals surface area contributed by atoms with Gasteiger partial charge in [-0.1, -0.05) is 91.8 Å². The summed E-state index contributed by atoms with van der Waals surface area (Å²) in [4.78, 5) is 8.48. The molecule has 0 aliphatic rings. The largest absolute Gasteiger partial charge is 0.261 e. The first kappa shape index (κ1) is 27.6. The zero-order chi connectivity index (χ0) is 24.3. The minimum absolute atomic E-state index is 0.542. The highest BCUT2D eigenvalue weighted by Gasteiger charge is 2.01. The second-order valence-corrected chi connectivity index (χ2v) is 9.78. The van der Waals surface area contributed by atoms with E-state index in [4.69, 9.17) is 0 Å². The molecule has 1 aromatic carbocycles. The van der Waals surface area contributed by atoms with Crippen LogP contribution in [0.2, 0.25) is 0 Å². The summed E-state index contributed by atoms with van der Waals surface area (Å²) in [5, 5.41) is 0. The highest BCUT2D eigenvalue weighted by Crippen LogP contribution is 2.19. The molecule has 32 heavy (non-hydrogen) atoms. The molecule has 0 saturated heterocycles. The van der Waals surface area contributed by atoms with Crippen LogP contribution in [0, 0.1) is 13.8 Å². The molecule has 0 saturated carbocycles. The van der Waals surface area contributed by atoms with E-state index in [-0.39, 0.29) is 0 Å². The van der Waals surface area contributed by atoms with Crippen molar-refractivity contribution in [1.82, 2.24) is 9.97 Å². The van der Waals surface area contributed by atoms with Crippen molar-refractivity contribution in [2.45, 2.75) is 92.9 Å². The molecule has 0 atom stereocenters. The van der Waals surface area contributed by atoms with Crippen molar-refractivity contribution in [1.29, 1.82) is 0 Å². The molecule has 0 aliphatic carbocycles. The lowest BCUT2D eigenvalue weighted by Crippen LogP contribution is -1.90. The van der Waals surface area contributed by atoms with Gasteiger partial charge in [0.2, 0.25) is 0 Å². The Morgan fingerprint density at radius 2 is 0.938 bits per heavy atom. The van der Waals surface area contributed by atoms with Crippen LogP contribution >= 0.6 is 0 Å². The first-order valence-electron chi connectivity index (χ1n) is 12.0. The van der Waals surface area contributed by atoms with Gasteiger partial charge in [0.15, 0.2) is 0 Å². The maximum Gasteiger partial charge on any atom is 0.0429 e. The third-order valence-corrected chi connectivity index (χ3v) is 5.40. The van der Waals surface area contributed by atoms with Gasteiger partial charge in [0.1, 0.15) is 0 Å². The second kappa shape index (κ2) is 13.8. The Bertz CT molecular complexity index is 795. The van der Waals surface area contributed by atoms with Gasteiger partial charge in [0, 0.05) is 23.8 Å². The van der Waals surface area contributed by atoms with Crippen molar-refractivity contribution in [2.75, 3.05) is 0 Å². The summed E-state index contributed by atoms with van der Waals surface area (Å²) in [5.74, 6) is 2.42. The minimum atomic E-state index is 0.542. The number of pyridine rings is 2. The molecule has 0 fully saturated rings. The molecule has 0 amide bonds. The Balaban J connectivity index is 0.000000241. The van der Waals surface area contributed by atoms with Crippen LogP contribution in [0.4, 0.5) is 0 Å². The number of aryl methyl sites for hydroxylation is 2. The average Bonchev–Trinajstić information content (AvgIpc) is 2.75. The van der Waals surface area contributed by atoms with Gasteiger partial charge in [-0.25, -0.2) is 0 Å². The van der Waals surface area contributed by atoms with Gasteiger partial charge in [-0.2, -0.15) is 0 Å². The van der Waals surface area contributed by atoms with Gasteiger partial charge in [-0.3, -0.25) is 9.97 Å². The van der Waals surface area contributed by atoms with Crippen LogP contribution in [-0.4, -0.2) is 9.97 Å². The van der Waals surface area contributed by atoms with Crippen molar-refractivity contribution in [3.05, 3.63) is 94.6 Å². The molecule has 174 valence electrons. The monoisotopic (exact) mass is 432 g/mol. The standard InChI is InChI=1S/C12H18.2C9H13N/c1-9(2)11-5-7-12(8-6-11)10(3)4;1-7(2)9-5-4-8(3)10-6-9;1-7(2)9-5-4-8(3)6-10-9/h5-10H,1-4H3;2*4-7H,1-3H3. The van der Waals surface area contributed by atoms with Crippen LogP contribution in [0.5, 0.6) is 0 Å². The summed E-state index contributed by atoms with van der Waals surface area (Å²) in [5.41, 5.74) is 7.66. The Morgan fingerprint density at radius 1 is 0.469 bits per heavy atom. The molecule has 0 N–H and O–H groups in total. The summed E-state index contributed by atoms with van der Waals surface area (Å²) in [6.45, 7) is 21.6. The second-order valence-electron chi connectivity index (χ2n) is 9.78. The van der Waals surface area contributed by atoms with Crippen molar-refractivity contribution < 1.29 is 0 Å². The maximum absolute atomic E-state index is 4.28. The molecule has 2 aromatic heterocycles. The fraction of sp³-hybridized carbons (Fsp3) is 0.467. The Morgan fingerprint density at radius 3 is 1.25 bits per heavy atom. The van der Waals surface area contributed by atoms with E-state index >= 15 is 0 Å². The van der Waals surface area contributed by atoms with Crippen molar-refractivity contribution in [2.24, 2.45) is 0 Å². The molecular weight excluding hydrogens is 388 g/mol. The molecule has 3 aromatic rings. The van der Waals surface area contributed by atoms with E-state index in [2.05, 4.69) is 121 Å². The van der Waals surface area contributed by atoms with Crippen LogP contribution in [0.15, 0.2) is 60.9 Å². The first-order valence-corrected chi connectivity index (χ1v) is 12.0. The molecule has 0 unspecified atom stereocenters. The number of hydrogen-bond acceptors (Lipinski definition) is 2. The Hall–Kier alpha value is -2.48. The number of aromatic nitrogens is 2. The van der Waals surface area contributed by atoms with E-state index in [1.807, 2.05) is 19.3 Å². The quantitative estimate of drug-likeness (QED) is 0.411. The van der Waals surface area contributed by atoms with Gasteiger partial charge >= 0.3 is 0 Å². The molecule has 2 heterocycles. The molecule has 0 aliphatic heterocycles. The predicted molar refractivity (Wildman–Crippen MR) is 141 cm³/mol. The van der Waals surface area contributed by atoms with E-state index in [1.165, 1.54) is 27.9 Å². The van der Waals surface area contributed by atoms with Gasteiger partial charge in [-0.15, -0.1) is 0 Å². The highest BCUT2D eigenvalue weighted by molar-refractivity contribution is 5.26. The number of rotatable bonds is 4. The Labute approximate surface area is 197 Å². The lowest BCUT2D eigenvalue weighted by molar-refractivity contribution is 0.821. The van der Waals surface area contributed by atoms with E-state index in [0.717, 1.165) is 5.69 Å². The normalized spacial score (nSPS) is 10.7. The molecule has 0 bridgehead atoms. The third kappa shape index (κ3) is 10.2. The number of hydrogen-bond donors (Lipinski definition) is 0.